The summed E-state index contributed by atoms with van der Waals surface area (Å²) in [5, 5.41) is 2.92. The lowest BCUT2D eigenvalue weighted by Crippen LogP contribution is -2.31. The minimum atomic E-state index is -0.193. The van der Waals surface area contributed by atoms with Crippen molar-refractivity contribution in [2.24, 2.45) is 0 Å². The second-order valence-electron chi connectivity index (χ2n) is 5.50. The maximum Gasteiger partial charge on any atom is 0.258 e. The molecule has 1 atom stereocenters. The van der Waals surface area contributed by atoms with Crippen molar-refractivity contribution >= 4 is 5.91 Å². The van der Waals surface area contributed by atoms with Crippen molar-refractivity contribution in [1.82, 2.24) is 5.32 Å². The number of ether oxygens (including phenoxy) is 3. The van der Waals surface area contributed by atoms with Gasteiger partial charge in [0.1, 0.15) is 17.2 Å². The Kier molecular flexibility index (Phi) is 6.07. The molecule has 0 saturated heterocycles. The molecule has 2 aromatic carbocycles. The Morgan fingerprint density at radius 2 is 1.71 bits per heavy atom. The maximum absolute atomic E-state index is 12.1. The molecule has 2 aromatic rings. The number of methoxy groups -OCH3 is 2. The molecule has 0 fully saturated rings. The summed E-state index contributed by atoms with van der Waals surface area (Å²) < 4.78 is 15.9. The fraction of sp³-hybridized carbons (Fsp3) is 0.316. The summed E-state index contributed by atoms with van der Waals surface area (Å²) in [7, 11) is 3.22. The van der Waals surface area contributed by atoms with Gasteiger partial charge in [-0.05, 0) is 44.2 Å². The van der Waals surface area contributed by atoms with Crippen LogP contribution in [0.5, 0.6) is 17.2 Å². The highest BCUT2D eigenvalue weighted by molar-refractivity contribution is 5.78. The first-order valence-corrected chi connectivity index (χ1v) is 7.74. The van der Waals surface area contributed by atoms with E-state index in [1.807, 2.05) is 32.0 Å². The van der Waals surface area contributed by atoms with Gasteiger partial charge in [-0.1, -0.05) is 17.7 Å². The van der Waals surface area contributed by atoms with Crippen molar-refractivity contribution in [3.8, 4) is 17.2 Å². The topological polar surface area (TPSA) is 56.8 Å². The number of hydrogen-bond donors (Lipinski definition) is 1. The molecule has 0 aliphatic carbocycles. The van der Waals surface area contributed by atoms with E-state index in [9.17, 15) is 4.79 Å². The fourth-order valence-corrected chi connectivity index (χ4v) is 2.37. The summed E-state index contributed by atoms with van der Waals surface area (Å²) in [6.45, 7) is 3.87. The van der Waals surface area contributed by atoms with Gasteiger partial charge < -0.3 is 19.5 Å². The molecule has 5 nitrogen and oxygen atoms in total. The number of carbonyl (C=O) groups excluding carboxylic acids is 1. The van der Waals surface area contributed by atoms with E-state index >= 15 is 0 Å². The van der Waals surface area contributed by atoms with Gasteiger partial charge in [0, 0.05) is 5.56 Å². The van der Waals surface area contributed by atoms with E-state index in [0.717, 1.165) is 22.6 Å². The normalized spacial score (nSPS) is 11.5. The van der Waals surface area contributed by atoms with Crippen LogP contribution in [0.1, 0.15) is 24.1 Å². The number of benzene rings is 2. The van der Waals surface area contributed by atoms with Gasteiger partial charge in [-0.3, -0.25) is 4.79 Å². The summed E-state index contributed by atoms with van der Waals surface area (Å²) >= 11 is 0. The van der Waals surface area contributed by atoms with Crippen LogP contribution in [0.4, 0.5) is 0 Å². The van der Waals surface area contributed by atoms with Crippen LogP contribution >= 0.6 is 0 Å². The standard InChI is InChI=1S/C19H23NO4/c1-13-5-10-18(23-4)17(11-13)14(2)20-19(21)12-24-16-8-6-15(22-3)7-9-16/h5-11,14H,12H2,1-4H3,(H,20,21)/t14-/m1/s1. The molecular weight excluding hydrogens is 306 g/mol. The highest BCUT2D eigenvalue weighted by atomic mass is 16.5. The lowest BCUT2D eigenvalue weighted by atomic mass is 10.0. The summed E-state index contributed by atoms with van der Waals surface area (Å²) in [6.07, 6.45) is 0. The van der Waals surface area contributed by atoms with Gasteiger partial charge >= 0.3 is 0 Å². The molecule has 0 radical (unpaired) electrons. The third-order valence-electron chi connectivity index (χ3n) is 3.66. The van der Waals surface area contributed by atoms with E-state index in [2.05, 4.69) is 5.32 Å². The first-order valence-electron chi connectivity index (χ1n) is 7.74. The van der Waals surface area contributed by atoms with E-state index < -0.39 is 0 Å². The Bertz CT molecular complexity index is 682. The van der Waals surface area contributed by atoms with Crippen LogP contribution in [0.25, 0.3) is 0 Å². The van der Waals surface area contributed by atoms with Gasteiger partial charge in [0.15, 0.2) is 6.61 Å². The molecule has 24 heavy (non-hydrogen) atoms. The predicted octanol–water partition coefficient (Wildman–Crippen LogP) is 3.27. The van der Waals surface area contributed by atoms with Crippen LogP contribution < -0.4 is 19.5 Å². The summed E-state index contributed by atoms with van der Waals surface area (Å²) in [5.41, 5.74) is 2.05. The Balaban J connectivity index is 1.92. The van der Waals surface area contributed by atoms with Gasteiger partial charge in [0.05, 0.1) is 20.3 Å². The van der Waals surface area contributed by atoms with E-state index in [-0.39, 0.29) is 18.6 Å². The Morgan fingerprint density at radius 3 is 2.33 bits per heavy atom. The number of nitrogens with one attached hydrogen (secondary N) is 1. The Morgan fingerprint density at radius 1 is 1.04 bits per heavy atom. The molecule has 5 heteroatoms. The lowest BCUT2D eigenvalue weighted by molar-refractivity contribution is -0.123. The van der Waals surface area contributed by atoms with Gasteiger partial charge in [-0.15, -0.1) is 0 Å². The Hall–Kier alpha value is -2.69. The third-order valence-corrected chi connectivity index (χ3v) is 3.66. The van der Waals surface area contributed by atoms with Gasteiger partial charge in [0.2, 0.25) is 0 Å². The van der Waals surface area contributed by atoms with Crippen molar-refractivity contribution < 1.29 is 19.0 Å². The molecule has 0 aliphatic rings. The number of rotatable bonds is 7. The summed E-state index contributed by atoms with van der Waals surface area (Å²) in [6, 6.07) is 12.8. The lowest BCUT2D eigenvalue weighted by Gasteiger charge is -2.18. The van der Waals surface area contributed by atoms with Crippen molar-refractivity contribution in [2.45, 2.75) is 19.9 Å². The SMILES string of the molecule is COc1ccc(OCC(=O)N[C@H](C)c2cc(C)ccc2OC)cc1. The zero-order valence-electron chi connectivity index (χ0n) is 14.5. The first-order chi connectivity index (χ1) is 11.5. The van der Waals surface area contributed by atoms with Crippen molar-refractivity contribution in [3.05, 3.63) is 53.6 Å². The monoisotopic (exact) mass is 329 g/mol. The molecule has 128 valence electrons. The smallest absolute Gasteiger partial charge is 0.258 e. The van der Waals surface area contributed by atoms with Gasteiger partial charge in [-0.2, -0.15) is 0 Å². The second-order valence-corrected chi connectivity index (χ2v) is 5.50. The first kappa shape index (κ1) is 17.7. The molecular formula is C19H23NO4. The van der Waals surface area contributed by atoms with Gasteiger partial charge in [-0.25, -0.2) is 0 Å². The average Bonchev–Trinajstić information content (AvgIpc) is 2.60. The summed E-state index contributed by atoms with van der Waals surface area (Å²) in [4.78, 5) is 12.1. The number of hydrogen-bond acceptors (Lipinski definition) is 4. The zero-order valence-corrected chi connectivity index (χ0v) is 14.5. The molecule has 2 rings (SSSR count). The largest absolute Gasteiger partial charge is 0.497 e. The van der Waals surface area contributed by atoms with Crippen LogP contribution in [-0.4, -0.2) is 26.7 Å². The zero-order chi connectivity index (χ0) is 17.5. The molecule has 1 amide bonds. The minimum absolute atomic E-state index is 0.0508. The minimum Gasteiger partial charge on any atom is -0.497 e. The average molecular weight is 329 g/mol. The maximum atomic E-state index is 12.1. The molecule has 0 bridgehead atoms. The molecule has 1 N–H and O–H groups in total. The summed E-state index contributed by atoms with van der Waals surface area (Å²) in [5.74, 6) is 1.92. The predicted molar refractivity (Wildman–Crippen MR) is 92.8 cm³/mol. The molecule has 0 aromatic heterocycles. The van der Waals surface area contributed by atoms with Crippen LogP contribution in [0.2, 0.25) is 0 Å². The van der Waals surface area contributed by atoms with Crippen LogP contribution in [0.3, 0.4) is 0 Å². The van der Waals surface area contributed by atoms with E-state index in [1.165, 1.54) is 0 Å². The van der Waals surface area contributed by atoms with E-state index in [4.69, 9.17) is 14.2 Å². The molecule has 0 unspecified atom stereocenters. The number of carbonyl (C=O) groups is 1. The van der Waals surface area contributed by atoms with Crippen molar-refractivity contribution in [1.29, 1.82) is 0 Å². The van der Waals surface area contributed by atoms with Crippen molar-refractivity contribution in [2.75, 3.05) is 20.8 Å². The van der Waals surface area contributed by atoms with Crippen LogP contribution in [-0.2, 0) is 4.79 Å². The third kappa shape index (κ3) is 4.65. The number of aryl methyl sites for hydroxylation is 1. The molecule has 0 saturated carbocycles. The molecule has 0 heterocycles. The Labute approximate surface area is 142 Å². The van der Waals surface area contributed by atoms with Crippen molar-refractivity contribution in [3.63, 3.8) is 0 Å². The highest BCUT2D eigenvalue weighted by Gasteiger charge is 2.14. The van der Waals surface area contributed by atoms with Gasteiger partial charge in [0.25, 0.3) is 5.91 Å². The quantitative estimate of drug-likeness (QED) is 0.847. The number of amides is 1. The molecule has 0 aliphatic heterocycles. The van der Waals surface area contributed by atoms with Crippen LogP contribution in [0.15, 0.2) is 42.5 Å². The highest BCUT2D eigenvalue weighted by Crippen LogP contribution is 2.26. The van der Waals surface area contributed by atoms with Crippen LogP contribution in [0, 0.1) is 6.92 Å². The fourth-order valence-electron chi connectivity index (χ4n) is 2.37. The molecule has 0 spiro atoms. The van der Waals surface area contributed by atoms with E-state index in [0.29, 0.717) is 5.75 Å². The second kappa shape index (κ2) is 8.24. The van der Waals surface area contributed by atoms with E-state index in [1.54, 1.807) is 38.5 Å².